The number of hydrogen-bond acceptors (Lipinski definition) is 5. The van der Waals surface area contributed by atoms with Gasteiger partial charge in [0.25, 0.3) is 5.91 Å². The molecule has 1 aliphatic heterocycles. The van der Waals surface area contributed by atoms with Crippen LogP contribution in [-0.4, -0.2) is 54.9 Å². The lowest BCUT2D eigenvalue weighted by Gasteiger charge is -2.30. The Kier molecular flexibility index (Phi) is 7.12. The predicted molar refractivity (Wildman–Crippen MR) is 113 cm³/mol. The van der Waals surface area contributed by atoms with Gasteiger partial charge in [0.15, 0.2) is 0 Å². The molecule has 1 heterocycles. The van der Waals surface area contributed by atoms with Gasteiger partial charge in [0.05, 0.1) is 24.9 Å². The molecule has 3 rings (SSSR count). The number of aliphatic hydroxyl groups excluding tert-OH is 1. The van der Waals surface area contributed by atoms with Gasteiger partial charge >= 0.3 is 0 Å². The van der Waals surface area contributed by atoms with Crippen molar-refractivity contribution in [1.29, 1.82) is 0 Å². The van der Waals surface area contributed by atoms with E-state index in [1.54, 1.807) is 25.3 Å². The predicted octanol–water partition coefficient (Wildman–Crippen LogP) is 2.63. The zero-order valence-corrected chi connectivity index (χ0v) is 17.4. The average Bonchev–Trinajstić information content (AvgIpc) is 2.71. The van der Waals surface area contributed by atoms with Crippen LogP contribution < -0.4 is 14.8 Å². The summed E-state index contributed by atoms with van der Waals surface area (Å²) in [5.74, 6) is 0.827. The Labute approximate surface area is 172 Å². The second-order valence-corrected chi connectivity index (χ2v) is 7.65. The van der Waals surface area contributed by atoms with Crippen LogP contribution in [0.1, 0.15) is 35.3 Å². The molecule has 0 bridgehead atoms. The van der Waals surface area contributed by atoms with Crippen LogP contribution in [0.3, 0.4) is 0 Å². The molecule has 6 heteroatoms. The van der Waals surface area contributed by atoms with Gasteiger partial charge in [-0.3, -0.25) is 9.69 Å². The van der Waals surface area contributed by atoms with Crippen molar-refractivity contribution in [2.45, 2.75) is 39.0 Å². The second-order valence-electron chi connectivity index (χ2n) is 7.65. The molecule has 2 aromatic rings. The van der Waals surface area contributed by atoms with E-state index in [1.165, 1.54) is 11.1 Å². The zero-order chi connectivity index (χ0) is 20.8. The summed E-state index contributed by atoms with van der Waals surface area (Å²) in [4.78, 5) is 14.9. The largest absolute Gasteiger partial charge is 0.497 e. The summed E-state index contributed by atoms with van der Waals surface area (Å²) in [7, 11) is 1.57. The number of nitrogens with zero attached hydrogens (tertiary/aromatic N) is 1. The third-order valence-electron chi connectivity index (χ3n) is 4.97. The van der Waals surface area contributed by atoms with E-state index in [4.69, 9.17) is 9.47 Å². The normalized spacial score (nSPS) is 14.9. The van der Waals surface area contributed by atoms with Crippen LogP contribution in [0.2, 0.25) is 0 Å². The second kappa shape index (κ2) is 9.76. The van der Waals surface area contributed by atoms with Crippen LogP contribution in [-0.2, 0) is 13.0 Å². The minimum atomic E-state index is -0.642. The van der Waals surface area contributed by atoms with E-state index in [-0.39, 0.29) is 18.6 Å². The van der Waals surface area contributed by atoms with E-state index < -0.39 is 6.10 Å². The fraction of sp³-hybridized carbons (Fsp3) is 0.435. The molecule has 0 aliphatic carbocycles. The van der Waals surface area contributed by atoms with Gasteiger partial charge in [-0.05, 0) is 43.5 Å². The number of carbonyl (C=O) groups is 1. The number of aliphatic hydroxyl groups is 1. The van der Waals surface area contributed by atoms with Gasteiger partial charge in [0, 0.05) is 32.2 Å². The van der Waals surface area contributed by atoms with Crippen molar-refractivity contribution in [3.63, 3.8) is 0 Å². The van der Waals surface area contributed by atoms with Gasteiger partial charge in [-0.15, -0.1) is 0 Å². The van der Waals surface area contributed by atoms with E-state index >= 15 is 0 Å². The van der Waals surface area contributed by atoms with Gasteiger partial charge < -0.3 is 19.9 Å². The minimum absolute atomic E-state index is 0.0683. The molecule has 2 N–H and O–H groups in total. The van der Waals surface area contributed by atoms with Crippen LogP contribution in [0.25, 0.3) is 0 Å². The van der Waals surface area contributed by atoms with Crippen LogP contribution in [0.15, 0.2) is 42.5 Å². The molecular weight excluding hydrogens is 368 g/mol. The number of rotatable bonds is 8. The molecule has 2 aromatic carbocycles. The first-order valence-corrected chi connectivity index (χ1v) is 10.1. The Morgan fingerprint density at radius 3 is 2.69 bits per heavy atom. The lowest BCUT2D eigenvalue weighted by molar-refractivity contribution is 0.0837. The summed E-state index contributed by atoms with van der Waals surface area (Å²) in [6.45, 7) is 6.25. The molecule has 0 radical (unpaired) electrons. The molecule has 29 heavy (non-hydrogen) atoms. The van der Waals surface area contributed by atoms with Gasteiger partial charge in [0.2, 0.25) is 0 Å². The maximum atomic E-state index is 12.7. The summed E-state index contributed by atoms with van der Waals surface area (Å²) in [6.07, 6.45) is 0.273. The number of amides is 1. The van der Waals surface area contributed by atoms with Gasteiger partial charge in [-0.1, -0.05) is 24.3 Å². The number of methoxy groups -OCH3 is 1. The van der Waals surface area contributed by atoms with E-state index in [1.807, 2.05) is 19.9 Å². The van der Waals surface area contributed by atoms with Crippen molar-refractivity contribution < 1.29 is 19.4 Å². The molecule has 1 amide bonds. The molecule has 6 nitrogen and oxygen atoms in total. The third kappa shape index (κ3) is 5.71. The smallest absolute Gasteiger partial charge is 0.255 e. The Hall–Kier alpha value is -2.57. The summed E-state index contributed by atoms with van der Waals surface area (Å²) in [5.41, 5.74) is 3.12. The summed E-state index contributed by atoms with van der Waals surface area (Å²) in [6, 6.07) is 13.5. The lowest BCUT2D eigenvalue weighted by atomic mass is 10.00. The van der Waals surface area contributed by atoms with Crippen LogP contribution >= 0.6 is 0 Å². The highest BCUT2D eigenvalue weighted by Crippen LogP contribution is 2.26. The Balaban J connectivity index is 1.55. The highest BCUT2D eigenvalue weighted by Gasteiger charge is 2.20. The van der Waals surface area contributed by atoms with Gasteiger partial charge in [-0.2, -0.15) is 0 Å². The van der Waals surface area contributed by atoms with E-state index in [0.717, 1.165) is 19.5 Å². The molecular formula is C23H30N2O4. The average molecular weight is 399 g/mol. The summed E-state index contributed by atoms with van der Waals surface area (Å²) < 4.78 is 11.0. The highest BCUT2D eigenvalue weighted by atomic mass is 16.5. The molecule has 0 spiro atoms. The Bertz CT molecular complexity index is 837. The number of ether oxygens (including phenoxy) is 2. The number of β-amino-alcohol motifs (C(OH)–C–C–N with tert-alkyl or cyclic N) is 1. The number of hydrogen-bond donors (Lipinski definition) is 2. The number of fused-ring (bicyclic) bond motifs is 1. The van der Waals surface area contributed by atoms with E-state index in [2.05, 4.69) is 28.4 Å². The molecule has 1 aliphatic rings. The highest BCUT2D eigenvalue weighted by molar-refractivity contribution is 5.97. The van der Waals surface area contributed by atoms with Crippen LogP contribution in [0, 0.1) is 0 Å². The van der Waals surface area contributed by atoms with Crippen molar-refractivity contribution >= 4 is 5.91 Å². The molecule has 1 unspecified atom stereocenters. The van der Waals surface area contributed by atoms with Gasteiger partial charge in [-0.25, -0.2) is 0 Å². The van der Waals surface area contributed by atoms with E-state index in [9.17, 15) is 9.90 Å². The molecule has 0 saturated heterocycles. The minimum Gasteiger partial charge on any atom is -0.497 e. The SMILES string of the molecule is COc1ccc(C(=O)NCC(O)CN2CCc3ccccc3C2)c(OC(C)C)c1. The molecule has 1 atom stereocenters. The van der Waals surface area contributed by atoms with Crippen molar-refractivity contribution in [2.24, 2.45) is 0 Å². The number of benzene rings is 2. The quantitative estimate of drug-likeness (QED) is 0.715. The van der Waals surface area contributed by atoms with Crippen molar-refractivity contribution in [3.8, 4) is 11.5 Å². The van der Waals surface area contributed by atoms with Crippen LogP contribution in [0.4, 0.5) is 0 Å². The fourth-order valence-electron chi connectivity index (χ4n) is 3.55. The maximum absolute atomic E-state index is 12.7. The first-order chi connectivity index (χ1) is 14.0. The first-order valence-electron chi connectivity index (χ1n) is 10.1. The molecule has 0 fully saturated rings. The maximum Gasteiger partial charge on any atom is 0.255 e. The first kappa shape index (κ1) is 21.1. The third-order valence-corrected chi connectivity index (χ3v) is 4.97. The van der Waals surface area contributed by atoms with Gasteiger partial charge in [0.1, 0.15) is 11.5 Å². The molecule has 0 aromatic heterocycles. The van der Waals surface area contributed by atoms with E-state index in [0.29, 0.717) is 23.6 Å². The summed E-state index contributed by atoms with van der Waals surface area (Å²) in [5, 5.41) is 13.3. The zero-order valence-electron chi connectivity index (χ0n) is 17.4. The van der Waals surface area contributed by atoms with Crippen molar-refractivity contribution in [3.05, 3.63) is 59.2 Å². The topological polar surface area (TPSA) is 71.0 Å². The standard InChI is InChI=1S/C23H30N2O4/c1-16(2)29-22-12-20(28-3)8-9-21(22)23(27)24-13-19(26)15-25-11-10-17-6-4-5-7-18(17)14-25/h4-9,12,16,19,26H,10-11,13-15H2,1-3H3,(H,24,27). The fourth-order valence-corrected chi connectivity index (χ4v) is 3.55. The molecule has 0 saturated carbocycles. The Morgan fingerprint density at radius 1 is 1.21 bits per heavy atom. The lowest BCUT2D eigenvalue weighted by Crippen LogP contribution is -2.42. The van der Waals surface area contributed by atoms with Crippen molar-refractivity contribution in [2.75, 3.05) is 26.7 Å². The number of nitrogens with one attached hydrogen (secondary N) is 1. The van der Waals surface area contributed by atoms with Crippen molar-refractivity contribution in [1.82, 2.24) is 10.2 Å². The summed E-state index contributed by atoms with van der Waals surface area (Å²) >= 11 is 0. The monoisotopic (exact) mass is 398 g/mol. The Morgan fingerprint density at radius 2 is 1.97 bits per heavy atom. The molecule has 156 valence electrons. The van der Waals surface area contributed by atoms with Crippen LogP contribution in [0.5, 0.6) is 11.5 Å². The number of carbonyl (C=O) groups excluding carboxylic acids is 1.